The zero-order chi connectivity index (χ0) is 17.6. The van der Waals surface area contributed by atoms with E-state index in [0.29, 0.717) is 12.1 Å². The molecule has 3 rings (SSSR count). The first-order valence-electron chi connectivity index (χ1n) is 8.56. The van der Waals surface area contributed by atoms with E-state index in [-0.39, 0.29) is 17.9 Å². The summed E-state index contributed by atoms with van der Waals surface area (Å²) >= 11 is 0. The Labute approximate surface area is 148 Å². The molecule has 1 aromatic carbocycles. The minimum Gasteiger partial charge on any atom is -0.497 e. The number of amides is 1. The van der Waals surface area contributed by atoms with Crippen molar-refractivity contribution in [1.82, 2.24) is 9.88 Å². The molecule has 2 aromatic rings. The van der Waals surface area contributed by atoms with Crippen LogP contribution in [0.3, 0.4) is 0 Å². The van der Waals surface area contributed by atoms with E-state index in [9.17, 15) is 4.79 Å². The smallest absolute Gasteiger partial charge is 0.253 e. The Balaban J connectivity index is 1.70. The molecule has 25 heavy (non-hydrogen) atoms. The van der Waals surface area contributed by atoms with Gasteiger partial charge >= 0.3 is 0 Å². The Hall–Kier alpha value is -2.40. The van der Waals surface area contributed by atoms with Crippen LogP contribution in [0.25, 0.3) is 0 Å². The molecule has 2 atom stereocenters. The predicted octanol–water partition coefficient (Wildman–Crippen LogP) is 2.81. The molecule has 1 amide bonds. The van der Waals surface area contributed by atoms with Gasteiger partial charge in [0.25, 0.3) is 5.91 Å². The molecule has 0 saturated carbocycles. The van der Waals surface area contributed by atoms with Crippen LogP contribution in [0.15, 0.2) is 48.8 Å². The number of nitrogens with zero attached hydrogens (tertiary/aromatic N) is 2. The van der Waals surface area contributed by atoms with Gasteiger partial charge < -0.3 is 14.4 Å². The molecule has 0 N–H and O–H groups in total. The van der Waals surface area contributed by atoms with E-state index in [1.165, 1.54) is 5.56 Å². The van der Waals surface area contributed by atoms with Gasteiger partial charge in [0.1, 0.15) is 5.75 Å². The molecule has 1 saturated heterocycles. The number of pyridine rings is 1. The fourth-order valence-electron chi connectivity index (χ4n) is 3.44. The summed E-state index contributed by atoms with van der Waals surface area (Å²) in [4.78, 5) is 18.6. The van der Waals surface area contributed by atoms with Crippen molar-refractivity contribution in [2.75, 3.05) is 27.3 Å². The van der Waals surface area contributed by atoms with Crippen molar-refractivity contribution >= 4 is 5.91 Å². The molecular weight excluding hydrogens is 316 g/mol. The molecule has 5 heteroatoms. The molecular formula is C20H24N2O3. The zero-order valence-corrected chi connectivity index (χ0v) is 14.7. The van der Waals surface area contributed by atoms with Gasteiger partial charge in [0, 0.05) is 44.1 Å². The summed E-state index contributed by atoms with van der Waals surface area (Å²) in [5.74, 6) is 1.19. The third-order valence-electron chi connectivity index (χ3n) is 4.84. The average molecular weight is 340 g/mol. The molecule has 132 valence electrons. The maximum absolute atomic E-state index is 12.7. The first-order chi connectivity index (χ1) is 12.2. The standard InChI is InChI=1S/C20H24N2O3/c1-24-18-5-3-15(4-6-18)13-17-14-22(12-9-19(17)25-2)20(23)16-7-10-21-11-8-16/h3-8,10-11,17,19H,9,12-14H2,1-2H3/t17-,19-/m0/s1. The molecule has 1 aliphatic heterocycles. The molecule has 0 bridgehead atoms. The lowest BCUT2D eigenvalue weighted by atomic mass is 9.88. The fourth-order valence-corrected chi connectivity index (χ4v) is 3.44. The molecule has 0 unspecified atom stereocenters. The summed E-state index contributed by atoms with van der Waals surface area (Å²) in [5.41, 5.74) is 1.92. The van der Waals surface area contributed by atoms with Crippen LogP contribution >= 0.6 is 0 Å². The van der Waals surface area contributed by atoms with E-state index in [4.69, 9.17) is 9.47 Å². The van der Waals surface area contributed by atoms with Gasteiger partial charge in [-0.25, -0.2) is 0 Å². The van der Waals surface area contributed by atoms with Crippen molar-refractivity contribution < 1.29 is 14.3 Å². The number of aromatic nitrogens is 1. The molecule has 1 aromatic heterocycles. The van der Waals surface area contributed by atoms with Gasteiger partial charge in [-0.3, -0.25) is 9.78 Å². The van der Waals surface area contributed by atoms with Crippen LogP contribution in [0.5, 0.6) is 5.75 Å². The van der Waals surface area contributed by atoms with Crippen molar-refractivity contribution in [3.63, 3.8) is 0 Å². The summed E-state index contributed by atoms with van der Waals surface area (Å²) in [7, 11) is 3.42. The van der Waals surface area contributed by atoms with Gasteiger partial charge in [-0.1, -0.05) is 12.1 Å². The van der Waals surface area contributed by atoms with Crippen LogP contribution in [0, 0.1) is 5.92 Å². The highest BCUT2D eigenvalue weighted by Crippen LogP contribution is 2.25. The maximum Gasteiger partial charge on any atom is 0.253 e. The number of rotatable bonds is 5. The first kappa shape index (κ1) is 17.4. The van der Waals surface area contributed by atoms with Gasteiger partial charge in [-0.05, 0) is 42.7 Å². The van der Waals surface area contributed by atoms with E-state index in [1.54, 1.807) is 38.7 Å². The Morgan fingerprint density at radius 3 is 2.52 bits per heavy atom. The number of hydrogen-bond donors (Lipinski definition) is 0. The number of ether oxygens (including phenoxy) is 2. The van der Waals surface area contributed by atoms with Crippen molar-refractivity contribution in [3.05, 3.63) is 59.9 Å². The molecule has 2 heterocycles. The highest BCUT2D eigenvalue weighted by Gasteiger charge is 2.32. The number of hydrogen-bond acceptors (Lipinski definition) is 4. The van der Waals surface area contributed by atoms with E-state index in [0.717, 1.165) is 25.1 Å². The van der Waals surface area contributed by atoms with Crippen LogP contribution in [0.1, 0.15) is 22.3 Å². The minimum atomic E-state index is 0.0664. The van der Waals surface area contributed by atoms with Gasteiger partial charge in [-0.15, -0.1) is 0 Å². The third-order valence-corrected chi connectivity index (χ3v) is 4.84. The van der Waals surface area contributed by atoms with E-state index >= 15 is 0 Å². The Morgan fingerprint density at radius 1 is 1.16 bits per heavy atom. The van der Waals surface area contributed by atoms with E-state index in [2.05, 4.69) is 17.1 Å². The summed E-state index contributed by atoms with van der Waals surface area (Å²) in [6, 6.07) is 11.6. The third kappa shape index (κ3) is 4.17. The molecule has 5 nitrogen and oxygen atoms in total. The van der Waals surface area contributed by atoms with Crippen LogP contribution in [-0.4, -0.2) is 49.2 Å². The van der Waals surface area contributed by atoms with Crippen LogP contribution in [0.4, 0.5) is 0 Å². The lowest BCUT2D eigenvalue weighted by Crippen LogP contribution is -2.47. The second-order valence-electron chi connectivity index (χ2n) is 6.36. The molecule has 1 aliphatic rings. The summed E-state index contributed by atoms with van der Waals surface area (Å²) in [6.45, 7) is 1.42. The summed E-state index contributed by atoms with van der Waals surface area (Å²) in [5, 5.41) is 0. The SMILES string of the molecule is COc1ccc(C[C@H]2CN(C(=O)c3ccncc3)CC[C@@H]2OC)cc1. The van der Waals surface area contributed by atoms with Crippen molar-refractivity contribution in [2.45, 2.75) is 18.9 Å². The lowest BCUT2D eigenvalue weighted by molar-refractivity contribution is -0.00299. The summed E-state index contributed by atoms with van der Waals surface area (Å²) < 4.78 is 10.9. The number of benzene rings is 1. The zero-order valence-electron chi connectivity index (χ0n) is 14.7. The predicted molar refractivity (Wildman–Crippen MR) is 95.7 cm³/mol. The number of carbonyl (C=O) groups excluding carboxylic acids is 1. The minimum absolute atomic E-state index is 0.0664. The monoisotopic (exact) mass is 340 g/mol. The first-order valence-corrected chi connectivity index (χ1v) is 8.56. The topological polar surface area (TPSA) is 51.7 Å². The second-order valence-corrected chi connectivity index (χ2v) is 6.36. The Bertz CT molecular complexity index is 688. The van der Waals surface area contributed by atoms with Crippen molar-refractivity contribution in [1.29, 1.82) is 0 Å². The van der Waals surface area contributed by atoms with Gasteiger partial charge in [0.05, 0.1) is 13.2 Å². The molecule has 0 spiro atoms. The highest BCUT2D eigenvalue weighted by atomic mass is 16.5. The largest absolute Gasteiger partial charge is 0.497 e. The number of piperidine rings is 1. The average Bonchev–Trinajstić information content (AvgIpc) is 2.68. The second kappa shape index (κ2) is 8.12. The number of likely N-dealkylation sites (tertiary alicyclic amines) is 1. The Kier molecular flexibility index (Phi) is 5.66. The van der Waals surface area contributed by atoms with Crippen LogP contribution in [-0.2, 0) is 11.2 Å². The molecule has 0 aliphatic carbocycles. The lowest BCUT2D eigenvalue weighted by Gasteiger charge is -2.38. The van der Waals surface area contributed by atoms with E-state index in [1.807, 2.05) is 17.0 Å². The van der Waals surface area contributed by atoms with Crippen molar-refractivity contribution in [2.24, 2.45) is 5.92 Å². The summed E-state index contributed by atoms with van der Waals surface area (Å²) in [6.07, 6.45) is 5.22. The molecule has 0 radical (unpaired) electrons. The van der Waals surface area contributed by atoms with Crippen molar-refractivity contribution in [3.8, 4) is 5.75 Å². The highest BCUT2D eigenvalue weighted by molar-refractivity contribution is 5.94. The van der Waals surface area contributed by atoms with Crippen LogP contribution in [0.2, 0.25) is 0 Å². The Morgan fingerprint density at radius 2 is 1.88 bits per heavy atom. The number of methoxy groups -OCH3 is 2. The number of carbonyl (C=O) groups is 1. The van der Waals surface area contributed by atoms with Gasteiger partial charge in [0.2, 0.25) is 0 Å². The molecule has 1 fully saturated rings. The van der Waals surface area contributed by atoms with Gasteiger partial charge in [0.15, 0.2) is 0 Å². The van der Waals surface area contributed by atoms with Crippen LogP contribution < -0.4 is 4.74 Å². The fraction of sp³-hybridized carbons (Fsp3) is 0.400. The van der Waals surface area contributed by atoms with Gasteiger partial charge in [-0.2, -0.15) is 0 Å². The van der Waals surface area contributed by atoms with E-state index < -0.39 is 0 Å². The quantitative estimate of drug-likeness (QED) is 0.840. The normalized spacial score (nSPS) is 20.3. The maximum atomic E-state index is 12.7.